The molecule has 4 rings (SSSR count). The fourth-order valence-corrected chi connectivity index (χ4v) is 4.26. The van der Waals surface area contributed by atoms with E-state index < -0.39 is 24.0 Å². The van der Waals surface area contributed by atoms with Gasteiger partial charge in [0.15, 0.2) is 0 Å². The van der Waals surface area contributed by atoms with E-state index in [1.807, 2.05) is 72.8 Å². The first-order valence-electron chi connectivity index (χ1n) is 13.1. The maximum atomic E-state index is 13.4. The third-order valence-electron chi connectivity index (χ3n) is 6.30. The van der Waals surface area contributed by atoms with E-state index in [0.717, 1.165) is 16.9 Å². The molecular formula is C30H32N6O4. The second-order valence-corrected chi connectivity index (χ2v) is 9.29. The van der Waals surface area contributed by atoms with Gasteiger partial charge in [0.1, 0.15) is 11.9 Å². The van der Waals surface area contributed by atoms with E-state index in [4.69, 9.17) is 0 Å². The van der Waals surface area contributed by atoms with Crippen molar-refractivity contribution >= 4 is 23.6 Å². The van der Waals surface area contributed by atoms with Crippen molar-refractivity contribution in [3.8, 4) is 11.1 Å². The molecule has 0 spiro atoms. The number of carboxylic acid groups (broad SMARTS) is 1. The summed E-state index contributed by atoms with van der Waals surface area (Å²) in [5.74, 6) is -1.09. The van der Waals surface area contributed by atoms with Crippen LogP contribution in [0.2, 0.25) is 0 Å². The molecule has 1 unspecified atom stereocenters. The zero-order chi connectivity index (χ0) is 28.2. The first-order valence-corrected chi connectivity index (χ1v) is 13.1. The SMILES string of the molecule is O=C(O)CC(NC(=O)[C@@H](Cc1cnc[nH]1)NC(=O)CCCNc1ccccn1)c1ccc(-c2ccccc2)cc1. The van der Waals surface area contributed by atoms with Crippen LogP contribution in [0.3, 0.4) is 0 Å². The summed E-state index contributed by atoms with van der Waals surface area (Å²) in [6, 6.07) is 21.1. The number of nitrogens with one attached hydrogen (secondary N) is 4. The van der Waals surface area contributed by atoms with Gasteiger partial charge in [-0.2, -0.15) is 0 Å². The summed E-state index contributed by atoms with van der Waals surface area (Å²) in [5.41, 5.74) is 3.33. The normalized spacial score (nSPS) is 12.2. The number of benzene rings is 2. The van der Waals surface area contributed by atoms with Crippen LogP contribution in [0.25, 0.3) is 11.1 Å². The van der Waals surface area contributed by atoms with Gasteiger partial charge in [0.25, 0.3) is 0 Å². The maximum Gasteiger partial charge on any atom is 0.305 e. The minimum atomic E-state index is -1.05. The second kappa shape index (κ2) is 14.2. The van der Waals surface area contributed by atoms with E-state index in [9.17, 15) is 19.5 Å². The minimum Gasteiger partial charge on any atom is -0.481 e. The highest BCUT2D eigenvalue weighted by Gasteiger charge is 2.26. The lowest BCUT2D eigenvalue weighted by atomic mass is 9.98. The Hall–Kier alpha value is -4.99. The highest BCUT2D eigenvalue weighted by Crippen LogP contribution is 2.23. The Bertz CT molecular complexity index is 1360. The van der Waals surface area contributed by atoms with Crippen molar-refractivity contribution in [1.29, 1.82) is 0 Å². The fraction of sp³-hybridized carbons (Fsp3) is 0.233. The van der Waals surface area contributed by atoms with Crippen LogP contribution in [0.4, 0.5) is 5.82 Å². The van der Waals surface area contributed by atoms with Crippen LogP contribution in [0.15, 0.2) is 91.5 Å². The lowest BCUT2D eigenvalue weighted by Gasteiger charge is -2.23. The van der Waals surface area contributed by atoms with Crippen molar-refractivity contribution in [3.63, 3.8) is 0 Å². The van der Waals surface area contributed by atoms with Gasteiger partial charge in [0.2, 0.25) is 11.8 Å². The molecule has 2 aromatic carbocycles. The topological polar surface area (TPSA) is 149 Å². The molecule has 10 heteroatoms. The van der Waals surface area contributed by atoms with Gasteiger partial charge in [0, 0.05) is 37.5 Å². The lowest BCUT2D eigenvalue weighted by molar-refractivity contribution is -0.138. The van der Waals surface area contributed by atoms with Gasteiger partial charge in [-0.1, -0.05) is 60.7 Å². The molecular weight excluding hydrogens is 508 g/mol. The fourth-order valence-electron chi connectivity index (χ4n) is 4.26. The van der Waals surface area contributed by atoms with Gasteiger partial charge in [0.05, 0.1) is 18.8 Å². The van der Waals surface area contributed by atoms with Gasteiger partial charge in [-0.15, -0.1) is 0 Å². The summed E-state index contributed by atoms with van der Waals surface area (Å²) in [7, 11) is 0. The smallest absolute Gasteiger partial charge is 0.305 e. The zero-order valence-electron chi connectivity index (χ0n) is 21.9. The van der Waals surface area contributed by atoms with E-state index in [1.54, 1.807) is 12.4 Å². The van der Waals surface area contributed by atoms with Crippen LogP contribution in [0, 0.1) is 0 Å². The number of imidazole rings is 1. The van der Waals surface area contributed by atoms with Gasteiger partial charge < -0.3 is 26.0 Å². The van der Waals surface area contributed by atoms with Crippen molar-refractivity contribution in [3.05, 3.63) is 103 Å². The van der Waals surface area contributed by atoms with Gasteiger partial charge in [-0.05, 0) is 35.2 Å². The van der Waals surface area contributed by atoms with Crippen molar-refractivity contribution in [1.82, 2.24) is 25.6 Å². The molecule has 0 aliphatic carbocycles. The second-order valence-electron chi connectivity index (χ2n) is 9.29. The average molecular weight is 541 g/mol. The highest BCUT2D eigenvalue weighted by molar-refractivity contribution is 5.88. The Morgan fingerprint density at radius 1 is 0.900 bits per heavy atom. The molecule has 0 radical (unpaired) electrons. The van der Waals surface area contributed by atoms with Crippen LogP contribution in [-0.4, -0.2) is 50.4 Å². The number of H-pyrrole nitrogens is 1. The van der Waals surface area contributed by atoms with Crippen LogP contribution in [0.5, 0.6) is 0 Å². The molecule has 40 heavy (non-hydrogen) atoms. The first-order chi connectivity index (χ1) is 19.5. The number of carbonyl (C=O) groups is 3. The largest absolute Gasteiger partial charge is 0.481 e. The summed E-state index contributed by atoms with van der Waals surface area (Å²) in [4.78, 5) is 48.9. The number of aromatic nitrogens is 3. The Morgan fingerprint density at radius 3 is 2.33 bits per heavy atom. The molecule has 2 heterocycles. The van der Waals surface area contributed by atoms with Crippen molar-refractivity contribution in [2.75, 3.05) is 11.9 Å². The molecule has 2 aromatic heterocycles. The number of aromatic amines is 1. The van der Waals surface area contributed by atoms with Gasteiger partial charge in [-0.25, -0.2) is 9.97 Å². The van der Waals surface area contributed by atoms with Crippen LogP contribution < -0.4 is 16.0 Å². The van der Waals surface area contributed by atoms with Crippen LogP contribution in [-0.2, 0) is 20.8 Å². The summed E-state index contributed by atoms with van der Waals surface area (Å²) < 4.78 is 0. The third-order valence-corrected chi connectivity index (χ3v) is 6.30. The van der Waals surface area contributed by atoms with Crippen molar-refractivity contribution < 1.29 is 19.5 Å². The standard InChI is InChI=1S/C30H32N6O4/c37-28(10-6-16-33-27-9-4-5-15-32-27)35-26(17-24-19-31-20-34-24)30(40)36-25(18-29(38)39)23-13-11-22(12-14-23)21-7-2-1-3-8-21/h1-5,7-9,11-15,19-20,25-26H,6,10,16-18H2,(H,31,34)(H,32,33)(H,35,37)(H,36,40)(H,38,39)/t25?,26-/m1/s1. The molecule has 0 saturated carbocycles. The molecule has 0 bridgehead atoms. The Balaban J connectivity index is 1.40. The highest BCUT2D eigenvalue weighted by atomic mass is 16.4. The molecule has 2 amide bonds. The molecule has 0 saturated heterocycles. The molecule has 206 valence electrons. The third kappa shape index (κ3) is 8.52. The van der Waals surface area contributed by atoms with E-state index in [1.165, 1.54) is 6.33 Å². The molecule has 5 N–H and O–H groups in total. The number of carboxylic acids is 1. The number of rotatable bonds is 14. The number of amides is 2. The maximum absolute atomic E-state index is 13.4. The van der Waals surface area contributed by atoms with E-state index in [0.29, 0.717) is 24.2 Å². The van der Waals surface area contributed by atoms with Crippen molar-refractivity contribution in [2.24, 2.45) is 0 Å². The van der Waals surface area contributed by atoms with E-state index in [-0.39, 0.29) is 25.2 Å². The first kappa shape index (κ1) is 28.0. The molecule has 4 aromatic rings. The summed E-state index contributed by atoms with van der Waals surface area (Å²) in [6.45, 7) is 0.543. The predicted octanol–water partition coefficient (Wildman–Crippen LogP) is 3.72. The Labute approximate surface area is 232 Å². The zero-order valence-corrected chi connectivity index (χ0v) is 21.9. The Kier molecular flexibility index (Phi) is 9.98. The number of carbonyl (C=O) groups excluding carboxylic acids is 2. The average Bonchev–Trinajstić information content (AvgIpc) is 3.49. The number of hydrogen-bond acceptors (Lipinski definition) is 6. The summed E-state index contributed by atoms with van der Waals surface area (Å²) >= 11 is 0. The minimum absolute atomic E-state index is 0.177. The monoisotopic (exact) mass is 540 g/mol. The molecule has 2 atom stereocenters. The number of hydrogen-bond donors (Lipinski definition) is 5. The van der Waals surface area contributed by atoms with Crippen molar-refractivity contribution in [2.45, 2.75) is 37.8 Å². The van der Waals surface area contributed by atoms with E-state index >= 15 is 0 Å². The molecule has 0 fully saturated rings. The van der Waals surface area contributed by atoms with Crippen LogP contribution >= 0.6 is 0 Å². The molecule has 0 aliphatic heterocycles. The van der Waals surface area contributed by atoms with E-state index in [2.05, 4.69) is 30.9 Å². The van der Waals surface area contributed by atoms with Gasteiger partial charge >= 0.3 is 5.97 Å². The Morgan fingerprint density at radius 2 is 1.65 bits per heavy atom. The van der Waals surface area contributed by atoms with Gasteiger partial charge in [-0.3, -0.25) is 14.4 Å². The molecule has 10 nitrogen and oxygen atoms in total. The number of pyridine rings is 1. The molecule has 0 aliphatic rings. The summed E-state index contributed by atoms with van der Waals surface area (Å²) in [5, 5.41) is 18.3. The lowest BCUT2D eigenvalue weighted by Crippen LogP contribution is -2.49. The summed E-state index contributed by atoms with van der Waals surface area (Å²) in [6.07, 6.45) is 5.37. The number of nitrogens with zero attached hydrogens (tertiary/aromatic N) is 2. The number of anilines is 1. The quantitative estimate of drug-likeness (QED) is 0.153. The predicted molar refractivity (Wildman–Crippen MR) is 151 cm³/mol. The van der Waals surface area contributed by atoms with Crippen LogP contribution in [0.1, 0.15) is 36.6 Å². The number of aliphatic carboxylic acids is 1.